The molecule has 26 heavy (non-hydrogen) atoms. The van der Waals surface area contributed by atoms with E-state index in [1.54, 1.807) is 6.07 Å². The molecule has 0 fully saturated rings. The first-order valence-electron chi connectivity index (χ1n) is 8.22. The number of nitrogens with zero attached hydrogens (tertiary/aromatic N) is 1. The molecule has 0 aliphatic carbocycles. The summed E-state index contributed by atoms with van der Waals surface area (Å²) in [4.78, 5) is 14.2. The van der Waals surface area contributed by atoms with Crippen molar-refractivity contribution < 1.29 is 23.0 Å². The first kappa shape index (κ1) is 19.5. The molecule has 1 N–H and O–H groups in total. The third-order valence-electron chi connectivity index (χ3n) is 3.77. The topological polar surface area (TPSA) is 50.8 Å². The predicted octanol–water partition coefficient (Wildman–Crippen LogP) is 3.44. The molecule has 0 spiro atoms. The van der Waals surface area contributed by atoms with Gasteiger partial charge in [-0.15, -0.1) is 0 Å². The fourth-order valence-electron chi connectivity index (χ4n) is 2.47. The van der Waals surface area contributed by atoms with E-state index in [1.165, 1.54) is 19.2 Å². The summed E-state index contributed by atoms with van der Waals surface area (Å²) in [5.74, 6) is -0.0156. The number of amides is 1. The van der Waals surface area contributed by atoms with Gasteiger partial charge in [-0.25, -0.2) is 0 Å². The van der Waals surface area contributed by atoms with E-state index >= 15 is 0 Å². The molecule has 0 radical (unpaired) electrons. The van der Waals surface area contributed by atoms with Crippen molar-refractivity contribution in [3.63, 3.8) is 0 Å². The molecule has 2 aromatic carbocycles. The van der Waals surface area contributed by atoms with Crippen molar-refractivity contribution in [1.82, 2.24) is 5.32 Å². The number of halogens is 2. The lowest BCUT2D eigenvalue weighted by atomic mass is 10.2. The van der Waals surface area contributed by atoms with Crippen LogP contribution >= 0.6 is 0 Å². The van der Waals surface area contributed by atoms with Gasteiger partial charge < -0.3 is 19.7 Å². The van der Waals surface area contributed by atoms with E-state index in [-0.39, 0.29) is 30.5 Å². The molecule has 1 amide bonds. The molecule has 0 aliphatic heterocycles. The Morgan fingerprint density at radius 1 is 1.15 bits per heavy atom. The van der Waals surface area contributed by atoms with E-state index in [0.717, 1.165) is 5.69 Å². The number of nitrogens with one attached hydrogen (secondary N) is 1. The van der Waals surface area contributed by atoms with Crippen molar-refractivity contribution in [3.05, 3.63) is 54.1 Å². The van der Waals surface area contributed by atoms with Gasteiger partial charge in [-0.2, -0.15) is 8.78 Å². The second kappa shape index (κ2) is 9.60. The molecule has 0 aliphatic rings. The second-order valence-corrected chi connectivity index (χ2v) is 5.49. The lowest BCUT2D eigenvalue weighted by Gasteiger charge is -2.22. The predicted molar refractivity (Wildman–Crippen MR) is 95.8 cm³/mol. The van der Waals surface area contributed by atoms with Crippen LogP contribution in [0.2, 0.25) is 0 Å². The van der Waals surface area contributed by atoms with Crippen LogP contribution in [0.15, 0.2) is 48.5 Å². The summed E-state index contributed by atoms with van der Waals surface area (Å²) in [5.41, 5.74) is 1.60. The lowest BCUT2D eigenvalue weighted by Crippen LogP contribution is -2.36. The van der Waals surface area contributed by atoms with Gasteiger partial charge >= 0.3 is 6.61 Å². The molecule has 0 aromatic heterocycles. The number of anilines is 1. The maximum Gasteiger partial charge on any atom is 0.387 e. The number of likely N-dealkylation sites (N-methyl/N-ethyl adjacent to an activating group) is 1. The zero-order chi connectivity index (χ0) is 18.9. The molecule has 140 valence electrons. The van der Waals surface area contributed by atoms with Gasteiger partial charge in [-0.3, -0.25) is 4.79 Å². The van der Waals surface area contributed by atoms with Gasteiger partial charge in [0.2, 0.25) is 5.91 Å². The zero-order valence-electron chi connectivity index (χ0n) is 14.7. The summed E-state index contributed by atoms with van der Waals surface area (Å²) in [6.07, 6.45) is 0. The SMILES string of the molecule is CCN(CC(=O)NCc1ccc(OC)c(OC(F)F)c1)c1ccccc1. The highest BCUT2D eigenvalue weighted by molar-refractivity contribution is 5.81. The number of hydrogen-bond donors (Lipinski definition) is 1. The van der Waals surface area contributed by atoms with Gasteiger partial charge in [0, 0.05) is 18.8 Å². The van der Waals surface area contributed by atoms with Crippen LogP contribution in [-0.4, -0.2) is 32.7 Å². The lowest BCUT2D eigenvalue weighted by molar-refractivity contribution is -0.119. The third-order valence-corrected chi connectivity index (χ3v) is 3.77. The van der Waals surface area contributed by atoms with Crippen LogP contribution in [0.4, 0.5) is 14.5 Å². The Morgan fingerprint density at radius 2 is 1.88 bits per heavy atom. The van der Waals surface area contributed by atoms with Crippen LogP contribution in [0, 0.1) is 0 Å². The van der Waals surface area contributed by atoms with Crippen molar-refractivity contribution >= 4 is 11.6 Å². The fourth-order valence-corrected chi connectivity index (χ4v) is 2.47. The number of ether oxygens (including phenoxy) is 2. The number of carbonyl (C=O) groups excluding carboxylic acids is 1. The van der Waals surface area contributed by atoms with Gasteiger partial charge in [0.25, 0.3) is 0 Å². The molecule has 5 nitrogen and oxygen atoms in total. The van der Waals surface area contributed by atoms with Crippen LogP contribution in [0.25, 0.3) is 0 Å². The molecule has 0 atom stereocenters. The molecule has 0 saturated heterocycles. The number of carbonyl (C=O) groups is 1. The molecular weight excluding hydrogens is 342 g/mol. The van der Waals surface area contributed by atoms with Gasteiger partial charge in [0.1, 0.15) is 0 Å². The quantitative estimate of drug-likeness (QED) is 0.741. The summed E-state index contributed by atoms with van der Waals surface area (Å²) >= 11 is 0. The number of para-hydroxylation sites is 1. The Labute approximate surface area is 151 Å². The van der Waals surface area contributed by atoms with Gasteiger partial charge in [-0.05, 0) is 36.8 Å². The molecule has 7 heteroatoms. The molecule has 0 saturated carbocycles. The Hall–Kier alpha value is -2.83. The fraction of sp³-hybridized carbons (Fsp3) is 0.316. The summed E-state index contributed by atoms with van der Waals surface area (Å²) in [6, 6.07) is 14.3. The Kier molecular flexibility index (Phi) is 7.20. The Morgan fingerprint density at radius 3 is 2.50 bits per heavy atom. The van der Waals surface area contributed by atoms with Gasteiger partial charge in [0.15, 0.2) is 11.5 Å². The van der Waals surface area contributed by atoms with Crippen LogP contribution in [0.1, 0.15) is 12.5 Å². The zero-order valence-corrected chi connectivity index (χ0v) is 14.7. The molecule has 2 aromatic rings. The highest BCUT2D eigenvalue weighted by Gasteiger charge is 2.13. The monoisotopic (exact) mass is 364 g/mol. The maximum atomic E-state index is 12.5. The van der Waals surface area contributed by atoms with E-state index < -0.39 is 6.61 Å². The Bertz CT molecular complexity index is 711. The van der Waals surface area contributed by atoms with Gasteiger partial charge in [-0.1, -0.05) is 24.3 Å². The minimum Gasteiger partial charge on any atom is -0.493 e. The number of rotatable bonds is 9. The largest absolute Gasteiger partial charge is 0.493 e. The highest BCUT2D eigenvalue weighted by Crippen LogP contribution is 2.29. The summed E-state index contributed by atoms with van der Waals surface area (Å²) < 4.78 is 34.4. The first-order valence-corrected chi connectivity index (χ1v) is 8.22. The van der Waals surface area contributed by atoms with E-state index in [4.69, 9.17) is 4.74 Å². The van der Waals surface area contributed by atoms with Crippen molar-refractivity contribution in [2.24, 2.45) is 0 Å². The first-order chi connectivity index (χ1) is 12.5. The average molecular weight is 364 g/mol. The minimum atomic E-state index is -2.95. The van der Waals surface area contributed by atoms with E-state index in [9.17, 15) is 13.6 Å². The minimum absolute atomic E-state index is 0.0614. The van der Waals surface area contributed by atoms with Crippen LogP contribution in [-0.2, 0) is 11.3 Å². The standard InChI is InChI=1S/C19H22F2N2O3/c1-3-23(15-7-5-4-6-8-15)13-18(24)22-12-14-9-10-16(25-2)17(11-14)26-19(20)21/h4-11,19H,3,12-13H2,1-2H3,(H,22,24). The summed E-state index contributed by atoms with van der Waals surface area (Å²) in [7, 11) is 1.37. The molecule has 2 rings (SSSR count). The number of methoxy groups -OCH3 is 1. The summed E-state index contributed by atoms with van der Waals surface area (Å²) in [6.45, 7) is 0.119. The normalized spacial score (nSPS) is 10.5. The second-order valence-electron chi connectivity index (χ2n) is 5.49. The Balaban J connectivity index is 1.96. The molecule has 0 unspecified atom stereocenters. The molecule has 0 bridgehead atoms. The van der Waals surface area contributed by atoms with Crippen LogP contribution < -0.4 is 19.7 Å². The number of hydrogen-bond acceptors (Lipinski definition) is 4. The van der Waals surface area contributed by atoms with Crippen LogP contribution in [0.3, 0.4) is 0 Å². The maximum absolute atomic E-state index is 12.5. The number of benzene rings is 2. The van der Waals surface area contributed by atoms with Gasteiger partial charge in [0.05, 0.1) is 13.7 Å². The van der Waals surface area contributed by atoms with Crippen molar-refractivity contribution in [3.8, 4) is 11.5 Å². The smallest absolute Gasteiger partial charge is 0.387 e. The highest BCUT2D eigenvalue weighted by atomic mass is 19.3. The van der Waals surface area contributed by atoms with Crippen molar-refractivity contribution in [2.75, 3.05) is 25.1 Å². The van der Waals surface area contributed by atoms with Crippen molar-refractivity contribution in [1.29, 1.82) is 0 Å². The average Bonchev–Trinajstić information content (AvgIpc) is 2.65. The van der Waals surface area contributed by atoms with E-state index in [2.05, 4.69) is 10.1 Å². The number of alkyl halides is 2. The third kappa shape index (κ3) is 5.61. The summed E-state index contributed by atoms with van der Waals surface area (Å²) in [5, 5.41) is 2.79. The van der Waals surface area contributed by atoms with E-state index in [1.807, 2.05) is 42.2 Å². The van der Waals surface area contributed by atoms with E-state index in [0.29, 0.717) is 12.1 Å². The molecular formula is C19H22F2N2O3. The molecule has 0 heterocycles. The van der Waals surface area contributed by atoms with Crippen molar-refractivity contribution in [2.45, 2.75) is 20.1 Å². The van der Waals surface area contributed by atoms with Crippen LogP contribution in [0.5, 0.6) is 11.5 Å².